The number of nitrogens with zero attached hydrogens (tertiary/aromatic N) is 3. The summed E-state index contributed by atoms with van der Waals surface area (Å²) in [6, 6.07) is 0. The van der Waals surface area contributed by atoms with E-state index in [0.29, 0.717) is 0 Å². The summed E-state index contributed by atoms with van der Waals surface area (Å²) in [7, 11) is 3.60. The summed E-state index contributed by atoms with van der Waals surface area (Å²) in [6.45, 7) is 0. The monoisotopic (exact) mass is 239 g/mol. The summed E-state index contributed by atoms with van der Waals surface area (Å²) in [5.74, 6) is 0.167. The van der Waals surface area contributed by atoms with Gasteiger partial charge in [-0.3, -0.25) is 19.6 Å². The molecule has 2 N–H and O–H groups in total. The molecule has 0 spiro atoms. The van der Waals surface area contributed by atoms with E-state index in [1.54, 1.807) is 19.0 Å². The number of rotatable bonds is 2. The van der Waals surface area contributed by atoms with E-state index in [2.05, 4.69) is 19.9 Å². The van der Waals surface area contributed by atoms with Crippen molar-refractivity contribution >= 4 is 34.0 Å². The lowest BCUT2D eigenvalue weighted by atomic mass is 10.6. The van der Waals surface area contributed by atoms with Gasteiger partial charge in [0.05, 0.1) is 6.34 Å². The standard InChI is InChI=1S/C8H9N5O2S/c1-13(2)3-9-7-10-5-4(6(14)12-7)16-8(15)11-5/h3H,1-2H3,(H2,10,11,12,14,15)/b9-3-. The van der Waals surface area contributed by atoms with E-state index in [9.17, 15) is 9.59 Å². The Balaban J connectivity index is 2.58. The lowest BCUT2D eigenvalue weighted by Crippen LogP contribution is -2.09. The van der Waals surface area contributed by atoms with Crippen molar-refractivity contribution in [1.82, 2.24) is 19.9 Å². The summed E-state index contributed by atoms with van der Waals surface area (Å²) in [4.78, 5) is 36.9. The number of fused-ring (bicyclic) bond motifs is 1. The van der Waals surface area contributed by atoms with Crippen LogP contribution in [-0.2, 0) is 0 Å². The third-order valence-electron chi connectivity index (χ3n) is 1.69. The number of aromatic amines is 2. The molecule has 0 fully saturated rings. The highest BCUT2D eigenvalue weighted by Gasteiger charge is 2.06. The Morgan fingerprint density at radius 1 is 1.38 bits per heavy atom. The molecule has 0 aliphatic carbocycles. The molecule has 84 valence electrons. The average molecular weight is 239 g/mol. The molecule has 0 bridgehead atoms. The molecule has 0 atom stereocenters. The topological polar surface area (TPSA) is 94.2 Å². The van der Waals surface area contributed by atoms with Gasteiger partial charge in [0.1, 0.15) is 4.70 Å². The van der Waals surface area contributed by atoms with Crippen LogP contribution in [0, 0.1) is 0 Å². The van der Waals surface area contributed by atoms with E-state index >= 15 is 0 Å². The Kier molecular flexibility index (Phi) is 2.57. The molecule has 2 heterocycles. The molecular formula is C8H9N5O2S. The highest BCUT2D eigenvalue weighted by atomic mass is 32.1. The molecular weight excluding hydrogens is 230 g/mol. The molecule has 0 aliphatic rings. The van der Waals surface area contributed by atoms with Gasteiger partial charge in [-0.05, 0) is 0 Å². The second kappa shape index (κ2) is 3.89. The Hall–Kier alpha value is -1.96. The fraction of sp³-hybridized carbons (Fsp3) is 0.250. The van der Waals surface area contributed by atoms with Crippen molar-refractivity contribution in [3.63, 3.8) is 0 Å². The zero-order valence-electron chi connectivity index (χ0n) is 8.64. The van der Waals surface area contributed by atoms with Crippen molar-refractivity contribution in [2.45, 2.75) is 0 Å². The van der Waals surface area contributed by atoms with Crippen LogP contribution in [0.25, 0.3) is 10.3 Å². The first-order valence-electron chi connectivity index (χ1n) is 4.40. The van der Waals surface area contributed by atoms with Crippen LogP contribution in [0.3, 0.4) is 0 Å². The van der Waals surface area contributed by atoms with Gasteiger partial charge in [-0.15, -0.1) is 0 Å². The fourth-order valence-electron chi connectivity index (χ4n) is 1.08. The number of hydrogen-bond donors (Lipinski definition) is 2. The van der Waals surface area contributed by atoms with Gasteiger partial charge in [-0.1, -0.05) is 11.3 Å². The Labute approximate surface area is 93.5 Å². The minimum atomic E-state index is -0.362. The summed E-state index contributed by atoms with van der Waals surface area (Å²) in [5, 5.41) is 0. The van der Waals surface area contributed by atoms with Crippen molar-refractivity contribution in [3.8, 4) is 0 Å². The Bertz CT molecular complexity index is 650. The molecule has 0 unspecified atom stereocenters. The highest BCUT2D eigenvalue weighted by Crippen LogP contribution is 2.09. The third kappa shape index (κ3) is 2.01. The van der Waals surface area contributed by atoms with Crippen LogP contribution in [0.1, 0.15) is 0 Å². The smallest absolute Gasteiger partial charge is 0.306 e. The maximum absolute atomic E-state index is 11.5. The molecule has 2 aromatic rings. The van der Waals surface area contributed by atoms with E-state index in [4.69, 9.17) is 0 Å². The first-order chi connectivity index (χ1) is 7.56. The van der Waals surface area contributed by atoms with Gasteiger partial charge < -0.3 is 4.90 Å². The first-order valence-corrected chi connectivity index (χ1v) is 5.21. The largest absolute Gasteiger partial charge is 0.369 e. The molecule has 0 aromatic carbocycles. The second-order valence-corrected chi connectivity index (χ2v) is 4.27. The van der Waals surface area contributed by atoms with Gasteiger partial charge in [0.15, 0.2) is 5.65 Å². The predicted molar refractivity (Wildman–Crippen MR) is 62.7 cm³/mol. The summed E-state index contributed by atoms with van der Waals surface area (Å²) >= 11 is 0.832. The lowest BCUT2D eigenvalue weighted by molar-refractivity contribution is 0.642. The zero-order valence-corrected chi connectivity index (χ0v) is 9.46. The zero-order chi connectivity index (χ0) is 11.7. The van der Waals surface area contributed by atoms with E-state index in [-0.39, 0.29) is 26.7 Å². The number of hydrogen-bond acceptors (Lipinski definition) is 5. The van der Waals surface area contributed by atoms with Gasteiger partial charge in [-0.2, -0.15) is 4.98 Å². The molecule has 0 radical (unpaired) electrons. The molecule has 0 saturated heterocycles. The van der Waals surface area contributed by atoms with Gasteiger partial charge in [0, 0.05) is 14.1 Å². The van der Waals surface area contributed by atoms with Crippen molar-refractivity contribution in [1.29, 1.82) is 0 Å². The Morgan fingerprint density at radius 2 is 2.12 bits per heavy atom. The van der Waals surface area contributed by atoms with Crippen molar-refractivity contribution in [2.24, 2.45) is 4.99 Å². The first kappa shape index (κ1) is 10.6. The van der Waals surface area contributed by atoms with Gasteiger partial charge in [0.2, 0.25) is 5.95 Å². The molecule has 7 nitrogen and oxygen atoms in total. The van der Waals surface area contributed by atoms with E-state index in [1.807, 2.05) is 0 Å². The van der Waals surface area contributed by atoms with E-state index in [0.717, 1.165) is 11.3 Å². The minimum Gasteiger partial charge on any atom is -0.369 e. The van der Waals surface area contributed by atoms with Crippen LogP contribution >= 0.6 is 11.3 Å². The number of aliphatic imine (C=N–C) groups is 1. The van der Waals surface area contributed by atoms with Crippen molar-refractivity contribution < 1.29 is 0 Å². The fourth-order valence-corrected chi connectivity index (χ4v) is 1.75. The Morgan fingerprint density at radius 3 is 2.81 bits per heavy atom. The highest BCUT2D eigenvalue weighted by molar-refractivity contribution is 7.16. The van der Waals surface area contributed by atoms with Crippen LogP contribution in [-0.4, -0.2) is 40.3 Å². The van der Waals surface area contributed by atoms with E-state index < -0.39 is 0 Å². The number of aromatic nitrogens is 3. The van der Waals surface area contributed by atoms with Crippen molar-refractivity contribution in [3.05, 3.63) is 20.0 Å². The van der Waals surface area contributed by atoms with Gasteiger partial charge in [-0.25, -0.2) is 4.99 Å². The summed E-state index contributed by atoms with van der Waals surface area (Å²) < 4.78 is 0.286. The van der Waals surface area contributed by atoms with Crippen LogP contribution in [0.15, 0.2) is 14.6 Å². The van der Waals surface area contributed by atoms with Crippen LogP contribution in [0.2, 0.25) is 0 Å². The number of nitrogens with one attached hydrogen (secondary N) is 2. The van der Waals surface area contributed by atoms with Crippen molar-refractivity contribution in [2.75, 3.05) is 14.1 Å². The van der Waals surface area contributed by atoms with Gasteiger partial charge >= 0.3 is 4.87 Å². The molecule has 16 heavy (non-hydrogen) atoms. The molecule has 0 saturated carbocycles. The summed E-state index contributed by atoms with van der Waals surface area (Å²) in [6.07, 6.45) is 1.51. The lowest BCUT2D eigenvalue weighted by Gasteiger charge is -2.01. The third-order valence-corrected chi connectivity index (χ3v) is 2.56. The van der Waals surface area contributed by atoms with Crippen LogP contribution < -0.4 is 10.4 Å². The second-order valence-electron chi connectivity index (χ2n) is 3.29. The molecule has 0 amide bonds. The number of H-pyrrole nitrogens is 2. The molecule has 8 heteroatoms. The molecule has 2 rings (SSSR count). The van der Waals surface area contributed by atoms with Crippen LogP contribution in [0.4, 0.5) is 5.95 Å². The SMILES string of the molecule is CN(C)/C=N\c1nc2[nH]c(=O)sc2c(=O)[nH]1. The quantitative estimate of drug-likeness (QED) is 0.565. The maximum atomic E-state index is 11.5. The van der Waals surface area contributed by atoms with Crippen LogP contribution in [0.5, 0.6) is 0 Å². The molecule has 0 aliphatic heterocycles. The molecule has 2 aromatic heterocycles. The average Bonchev–Trinajstić information content (AvgIpc) is 2.56. The predicted octanol–water partition coefficient (Wildman–Crippen LogP) is -0.106. The van der Waals surface area contributed by atoms with E-state index in [1.165, 1.54) is 6.34 Å². The maximum Gasteiger partial charge on any atom is 0.306 e. The minimum absolute atomic E-state index is 0.167. The normalized spacial score (nSPS) is 11.4. The number of thiazole rings is 1. The summed E-state index contributed by atoms with van der Waals surface area (Å²) in [5.41, 5.74) is -0.0936. The van der Waals surface area contributed by atoms with Gasteiger partial charge in [0.25, 0.3) is 5.56 Å².